The Morgan fingerprint density at radius 2 is 2.00 bits per heavy atom. The van der Waals surface area contributed by atoms with Gasteiger partial charge in [0.15, 0.2) is 0 Å². The van der Waals surface area contributed by atoms with Crippen LogP contribution in [0.25, 0.3) is 0 Å². The fourth-order valence-electron chi connectivity index (χ4n) is 1.33. The number of aliphatic carboxylic acids is 2. The summed E-state index contributed by atoms with van der Waals surface area (Å²) >= 11 is 0. The number of rotatable bonds is 6. The minimum atomic E-state index is -1.22. The molecule has 0 saturated heterocycles. The number of hydrogen-bond acceptors (Lipinski definition) is 4. The van der Waals surface area contributed by atoms with E-state index in [4.69, 9.17) is 14.9 Å². The minimum absolute atomic E-state index is 0.448. The Morgan fingerprint density at radius 1 is 1.35 bits per heavy atom. The summed E-state index contributed by atoms with van der Waals surface area (Å²) in [6, 6.07) is 5.52. The first-order chi connectivity index (χ1) is 8.04. The lowest BCUT2D eigenvalue weighted by Crippen LogP contribution is -2.31. The summed E-state index contributed by atoms with van der Waals surface area (Å²) in [6.07, 6.45) is -0.507. The quantitative estimate of drug-likeness (QED) is 0.686. The van der Waals surface area contributed by atoms with Crippen LogP contribution in [-0.4, -0.2) is 35.3 Å². The van der Waals surface area contributed by atoms with Crippen LogP contribution in [0.4, 0.5) is 5.69 Å². The van der Waals surface area contributed by atoms with E-state index in [1.165, 1.54) is 7.11 Å². The van der Waals surface area contributed by atoms with Gasteiger partial charge in [-0.15, -0.1) is 0 Å². The molecule has 1 atom stereocenters. The third-order valence-corrected chi connectivity index (χ3v) is 2.11. The number of carbonyl (C=O) groups is 2. The average molecular weight is 239 g/mol. The number of methoxy groups -OCH3 is 1. The molecule has 6 heteroatoms. The van der Waals surface area contributed by atoms with Gasteiger partial charge in [0, 0.05) is 0 Å². The van der Waals surface area contributed by atoms with Gasteiger partial charge in [-0.05, 0) is 12.1 Å². The standard InChI is InChI=1S/C11H13NO5/c1-17-9-5-3-2-4-7(9)12-8(11(15)16)6-10(13)14/h2-5,8,12H,6H2,1H3,(H,13,14)(H,15,16)/t8-/m0/s1. The van der Waals surface area contributed by atoms with Crippen molar-refractivity contribution in [3.8, 4) is 5.75 Å². The van der Waals surface area contributed by atoms with E-state index in [0.29, 0.717) is 11.4 Å². The Kier molecular flexibility index (Phi) is 4.33. The molecule has 92 valence electrons. The molecule has 1 aromatic carbocycles. The lowest BCUT2D eigenvalue weighted by Gasteiger charge is -2.16. The molecule has 0 radical (unpaired) electrons. The monoisotopic (exact) mass is 239 g/mol. The van der Waals surface area contributed by atoms with E-state index < -0.39 is 24.4 Å². The maximum atomic E-state index is 10.9. The molecule has 0 aliphatic carbocycles. The van der Waals surface area contributed by atoms with Gasteiger partial charge in [-0.1, -0.05) is 12.1 Å². The van der Waals surface area contributed by atoms with Crippen LogP contribution in [-0.2, 0) is 9.59 Å². The van der Waals surface area contributed by atoms with Crippen LogP contribution < -0.4 is 10.1 Å². The van der Waals surface area contributed by atoms with Gasteiger partial charge in [-0.25, -0.2) is 4.79 Å². The topological polar surface area (TPSA) is 95.9 Å². The molecule has 1 rings (SSSR count). The zero-order valence-electron chi connectivity index (χ0n) is 9.21. The third kappa shape index (κ3) is 3.67. The Hall–Kier alpha value is -2.24. The van der Waals surface area contributed by atoms with Crippen molar-refractivity contribution < 1.29 is 24.5 Å². The normalized spacial score (nSPS) is 11.6. The number of benzene rings is 1. The molecule has 0 heterocycles. The van der Waals surface area contributed by atoms with Crippen LogP contribution in [0.3, 0.4) is 0 Å². The van der Waals surface area contributed by atoms with E-state index in [1.54, 1.807) is 24.3 Å². The van der Waals surface area contributed by atoms with Crippen molar-refractivity contribution in [1.29, 1.82) is 0 Å². The maximum Gasteiger partial charge on any atom is 0.326 e. The summed E-state index contributed by atoms with van der Waals surface area (Å²) in [5.41, 5.74) is 0.448. The minimum Gasteiger partial charge on any atom is -0.495 e. The molecule has 3 N–H and O–H groups in total. The van der Waals surface area contributed by atoms with Crippen molar-refractivity contribution in [1.82, 2.24) is 0 Å². The SMILES string of the molecule is COc1ccccc1N[C@@H](CC(=O)O)C(=O)O. The summed E-state index contributed by atoms with van der Waals surface area (Å²) in [6.45, 7) is 0. The second-order valence-corrected chi connectivity index (χ2v) is 3.33. The third-order valence-electron chi connectivity index (χ3n) is 2.11. The molecule has 6 nitrogen and oxygen atoms in total. The average Bonchev–Trinajstić information content (AvgIpc) is 2.28. The summed E-state index contributed by atoms with van der Waals surface area (Å²) in [5.74, 6) is -1.94. The fourth-order valence-corrected chi connectivity index (χ4v) is 1.33. The lowest BCUT2D eigenvalue weighted by atomic mass is 10.2. The van der Waals surface area contributed by atoms with Gasteiger partial charge in [0.05, 0.1) is 19.2 Å². The van der Waals surface area contributed by atoms with Gasteiger partial charge in [0.1, 0.15) is 11.8 Å². The zero-order chi connectivity index (χ0) is 12.8. The molecule has 0 amide bonds. The first-order valence-corrected chi connectivity index (χ1v) is 4.88. The second kappa shape index (κ2) is 5.74. The van der Waals surface area contributed by atoms with Crippen molar-refractivity contribution >= 4 is 17.6 Å². The zero-order valence-corrected chi connectivity index (χ0v) is 9.21. The largest absolute Gasteiger partial charge is 0.495 e. The predicted octanol–water partition coefficient (Wildman–Crippen LogP) is 1.03. The first kappa shape index (κ1) is 12.8. The predicted molar refractivity (Wildman–Crippen MR) is 60.3 cm³/mol. The summed E-state index contributed by atoms with van der Waals surface area (Å²) in [5, 5.41) is 20.1. The molecule has 0 aliphatic rings. The van der Waals surface area contributed by atoms with Crippen molar-refractivity contribution in [3.05, 3.63) is 24.3 Å². The summed E-state index contributed by atoms with van der Waals surface area (Å²) in [4.78, 5) is 21.4. The van der Waals surface area contributed by atoms with Crippen molar-refractivity contribution in [2.75, 3.05) is 12.4 Å². The Morgan fingerprint density at radius 3 is 2.53 bits per heavy atom. The maximum absolute atomic E-state index is 10.9. The number of para-hydroxylation sites is 2. The number of carboxylic acids is 2. The van der Waals surface area contributed by atoms with Gasteiger partial charge in [0.2, 0.25) is 0 Å². The number of carboxylic acid groups (broad SMARTS) is 2. The molecule has 1 aromatic rings. The highest BCUT2D eigenvalue weighted by molar-refractivity contribution is 5.84. The first-order valence-electron chi connectivity index (χ1n) is 4.88. The van der Waals surface area contributed by atoms with Crippen LogP contribution in [0.15, 0.2) is 24.3 Å². The lowest BCUT2D eigenvalue weighted by molar-refractivity contribution is -0.144. The molecule has 0 unspecified atom stereocenters. The van der Waals surface area contributed by atoms with Crippen LogP contribution in [0.1, 0.15) is 6.42 Å². The Labute approximate surface area is 97.8 Å². The van der Waals surface area contributed by atoms with Crippen LogP contribution in [0.2, 0.25) is 0 Å². The highest BCUT2D eigenvalue weighted by atomic mass is 16.5. The molecule has 0 spiro atoms. The van der Waals surface area contributed by atoms with E-state index in [-0.39, 0.29) is 0 Å². The Balaban J connectivity index is 2.85. The van der Waals surface area contributed by atoms with E-state index in [9.17, 15) is 9.59 Å². The highest BCUT2D eigenvalue weighted by Crippen LogP contribution is 2.24. The van der Waals surface area contributed by atoms with Gasteiger partial charge < -0.3 is 20.3 Å². The highest BCUT2D eigenvalue weighted by Gasteiger charge is 2.21. The van der Waals surface area contributed by atoms with Crippen LogP contribution >= 0.6 is 0 Å². The smallest absolute Gasteiger partial charge is 0.326 e. The number of nitrogens with one attached hydrogen (secondary N) is 1. The van der Waals surface area contributed by atoms with E-state index in [1.807, 2.05) is 0 Å². The fraction of sp³-hybridized carbons (Fsp3) is 0.273. The number of ether oxygens (including phenoxy) is 1. The van der Waals surface area contributed by atoms with Crippen molar-refractivity contribution in [3.63, 3.8) is 0 Å². The molecule has 0 bridgehead atoms. The van der Waals surface area contributed by atoms with Crippen LogP contribution in [0.5, 0.6) is 5.75 Å². The molecule has 0 fully saturated rings. The number of hydrogen-bond donors (Lipinski definition) is 3. The van der Waals surface area contributed by atoms with Gasteiger partial charge in [0.25, 0.3) is 0 Å². The van der Waals surface area contributed by atoms with Gasteiger partial charge in [-0.3, -0.25) is 4.79 Å². The van der Waals surface area contributed by atoms with Gasteiger partial charge in [-0.2, -0.15) is 0 Å². The van der Waals surface area contributed by atoms with Gasteiger partial charge >= 0.3 is 11.9 Å². The van der Waals surface area contributed by atoms with Crippen molar-refractivity contribution in [2.45, 2.75) is 12.5 Å². The second-order valence-electron chi connectivity index (χ2n) is 3.33. The molecular weight excluding hydrogens is 226 g/mol. The molecule has 0 aliphatic heterocycles. The van der Waals surface area contributed by atoms with E-state index in [0.717, 1.165) is 0 Å². The van der Waals surface area contributed by atoms with Crippen LogP contribution in [0, 0.1) is 0 Å². The molecule has 0 aromatic heterocycles. The number of anilines is 1. The summed E-state index contributed by atoms with van der Waals surface area (Å²) in [7, 11) is 1.45. The molecule has 17 heavy (non-hydrogen) atoms. The molecule has 0 saturated carbocycles. The molecular formula is C11H13NO5. The van der Waals surface area contributed by atoms with E-state index >= 15 is 0 Å². The summed E-state index contributed by atoms with van der Waals surface area (Å²) < 4.78 is 5.03. The van der Waals surface area contributed by atoms with E-state index in [2.05, 4.69) is 5.32 Å². The van der Waals surface area contributed by atoms with Crippen molar-refractivity contribution in [2.24, 2.45) is 0 Å². The Bertz CT molecular complexity index is 418.